The molecule has 5 rings (SSSR count). The minimum Gasteiger partial charge on any atom is -0.508 e. The summed E-state index contributed by atoms with van der Waals surface area (Å²) in [6.07, 6.45) is 4.56. The number of aromatic hydroxyl groups is 1. The summed E-state index contributed by atoms with van der Waals surface area (Å²) in [7, 11) is 0. The molecule has 9 heteroatoms. The molecule has 224 valence electrons. The second kappa shape index (κ2) is 14.2. The molecule has 2 saturated heterocycles. The van der Waals surface area contributed by atoms with Crippen LogP contribution in [-0.4, -0.2) is 83.8 Å². The maximum atomic E-state index is 14.6. The molecule has 2 fully saturated rings. The Morgan fingerprint density at radius 2 is 1.71 bits per heavy atom. The van der Waals surface area contributed by atoms with Crippen LogP contribution in [0.25, 0.3) is 11.1 Å². The van der Waals surface area contributed by atoms with E-state index < -0.39 is 6.04 Å². The highest BCUT2D eigenvalue weighted by molar-refractivity contribution is 7.98. The molecule has 2 aliphatic rings. The maximum Gasteiger partial charge on any atom is 0.239 e. The first-order valence-electron chi connectivity index (χ1n) is 14.7. The van der Waals surface area contributed by atoms with Gasteiger partial charge in [-0.05, 0) is 97.6 Å². The van der Waals surface area contributed by atoms with E-state index in [1.807, 2.05) is 17.0 Å². The van der Waals surface area contributed by atoms with Crippen LogP contribution in [0.3, 0.4) is 0 Å². The quantitative estimate of drug-likeness (QED) is 0.312. The van der Waals surface area contributed by atoms with Crippen molar-refractivity contribution in [2.75, 3.05) is 52.1 Å². The summed E-state index contributed by atoms with van der Waals surface area (Å²) in [5.74, 6) is -0.102. The molecular formula is C33H40ClFN4O2S. The van der Waals surface area contributed by atoms with Gasteiger partial charge in [0.05, 0.1) is 6.04 Å². The van der Waals surface area contributed by atoms with Gasteiger partial charge in [0.15, 0.2) is 0 Å². The van der Waals surface area contributed by atoms with Crippen LogP contribution >= 0.6 is 23.4 Å². The minimum absolute atomic E-state index is 0.0269. The van der Waals surface area contributed by atoms with E-state index in [1.165, 1.54) is 28.7 Å². The van der Waals surface area contributed by atoms with Crippen LogP contribution in [0.2, 0.25) is 5.02 Å². The van der Waals surface area contributed by atoms with Crippen LogP contribution in [0.5, 0.6) is 5.75 Å². The fourth-order valence-corrected chi connectivity index (χ4v) is 6.98. The highest BCUT2D eigenvalue weighted by Gasteiger charge is 2.32. The number of piperidine rings is 1. The maximum absolute atomic E-state index is 14.6. The number of phenolic OH excluding ortho intramolecular Hbond substituents is 1. The Kier molecular flexibility index (Phi) is 10.4. The van der Waals surface area contributed by atoms with E-state index in [2.05, 4.69) is 40.3 Å². The molecular weight excluding hydrogens is 571 g/mol. The zero-order chi connectivity index (χ0) is 29.6. The van der Waals surface area contributed by atoms with Crippen molar-refractivity contribution in [1.29, 1.82) is 0 Å². The second-order valence-corrected chi connectivity index (χ2v) is 12.6. The number of amides is 1. The fourth-order valence-electron chi connectivity index (χ4n) is 6.18. The van der Waals surface area contributed by atoms with Crippen LogP contribution in [0.15, 0.2) is 65.6 Å². The number of rotatable bonds is 9. The van der Waals surface area contributed by atoms with E-state index in [-0.39, 0.29) is 23.4 Å². The van der Waals surface area contributed by atoms with Crippen molar-refractivity contribution in [3.63, 3.8) is 0 Å². The summed E-state index contributed by atoms with van der Waals surface area (Å²) >= 11 is 8.06. The van der Waals surface area contributed by atoms with Gasteiger partial charge < -0.3 is 20.6 Å². The van der Waals surface area contributed by atoms with Crippen molar-refractivity contribution in [2.45, 2.75) is 36.7 Å². The van der Waals surface area contributed by atoms with Crippen molar-refractivity contribution >= 4 is 29.3 Å². The van der Waals surface area contributed by atoms with Gasteiger partial charge in [0.2, 0.25) is 5.91 Å². The van der Waals surface area contributed by atoms with Crippen LogP contribution in [0.4, 0.5) is 4.39 Å². The van der Waals surface area contributed by atoms with Crippen molar-refractivity contribution < 1.29 is 14.3 Å². The number of phenols is 1. The Morgan fingerprint density at radius 1 is 0.976 bits per heavy atom. The van der Waals surface area contributed by atoms with Crippen molar-refractivity contribution in [3.05, 3.63) is 82.6 Å². The molecule has 0 unspecified atom stereocenters. The van der Waals surface area contributed by atoms with E-state index in [0.717, 1.165) is 63.2 Å². The number of thioether (sulfide) groups is 1. The third kappa shape index (κ3) is 7.47. The van der Waals surface area contributed by atoms with Gasteiger partial charge in [0.25, 0.3) is 0 Å². The predicted molar refractivity (Wildman–Crippen MR) is 169 cm³/mol. The SMILES string of the molecule is CSc1ccccc1CN1CCN(C(=O)[C@H](N)C2CCN(CCc3cc(Cl)ccc3-c3cc(O)ccc3F)CC2)CC1. The Labute approximate surface area is 257 Å². The number of nitrogens with two attached hydrogens (primary N) is 1. The monoisotopic (exact) mass is 610 g/mol. The number of carbonyl (C=O) groups is 1. The average Bonchev–Trinajstić information content (AvgIpc) is 3.01. The van der Waals surface area contributed by atoms with E-state index in [1.54, 1.807) is 17.8 Å². The van der Waals surface area contributed by atoms with Gasteiger partial charge in [-0.1, -0.05) is 35.9 Å². The second-order valence-electron chi connectivity index (χ2n) is 11.3. The molecule has 0 aliphatic carbocycles. The number of nitrogens with zero attached hydrogens (tertiary/aromatic N) is 3. The molecule has 42 heavy (non-hydrogen) atoms. The van der Waals surface area contributed by atoms with Crippen LogP contribution < -0.4 is 5.73 Å². The summed E-state index contributed by atoms with van der Waals surface area (Å²) in [4.78, 5) is 21.4. The van der Waals surface area contributed by atoms with Gasteiger partial charge in [-0.3, -0.25) is 9.69 Å². The molecule has 1 atom stereocenters. The number of piperazine rings is 1. The number of benzene rings is 3. The van der Waals surface area contributed by atoms with E-state index in [4.69, 9.17) is 17.3 Å². The van der Waals surface area contributed by atoms with Gasteiger partial charge in [-0.15, -0.1) is 11.8 Å². The van der Waals surface area contributed by atoms with Crippen LogP contribution in [-0.2, 0) is 17.8 Å². The van der Waals surface area contributed by atoms with Crippen LogP contribution in [0, 0.1) is 11.7 Å². The number of halogens is 2. The molecule has 2 aliphatic heterocycles. The third-order valence-corrected chi connectivity index (χ3v) is 9.77. The number of likely N-dealkylation sites (tertiary alicyclic amines) is 1. The molecule has 0 saturated carbocycles. The number of carbonyl (C=O) groups excluding carboxylic acids is 1. The largest absolute Gasteiger partial charge is 0.508 e. The lowest BCUT2D eigenvalue weighted by Gasteiger charge is -2.39. The van der Waals surface area contributed by atoms with Gasteiger partial charge >= 0.3 is 0 Å². The predicted octanol–water partition coefficient (Wildman–Crippen LogP) is 5.50. The van der Waals surface area contributed by atoms with Gasteiger partial charge in [0, 0.05) is 54.8 Å². The molecule has 3 aromatic carbocycles. The summed E-state index contributed by atoms with van der Waals surface area (Å²) in [6, 6.07) is 17.6. The minimum atomic E-state index is -0.468. The summed E-state index contributed by atoms with van der Waals surface area (Å²) in [6.45, 7) is 6.59. The molecule has 0 bridgehead atoms. The topological polar surface area (TPSA) is 73.0 Å². The van der Waals surface area contributed by atoms with Crippen LogP contribution in [0.1, 0.15) is 24.0 Å². The van der Waals surface area contributed by atoms with E-state index in [0.29, 0.717) is 30.1 Å². The number of hydrogen-bond donors (Lipinski definition) is 2. The molecule has 6 nitrogen and oxygen atoms in total. The Bertz CT molecular complexity index is 1380. The van der Waals surface area contributed by atoms with Crippen molar-refractivity contribution in [2.24, 2.45) is 11.7 Å². The van der Waals surface area contributed by atoms with E-state index >= 15 is 0 Å². The summed E-state index contributed by atoms with van der Waals surface area (Å²) in [5, 5.41) is 10.5. The Balaban J connectivity index is 1.10. The molecule has 2 heterocycles. The zero-order valence-electron chi connectivity index (χ0n) is 24.1. The first kappa shape index (κ1) is 30.8. The Hall–Kier alpha value is -2.62. The zero-order valence-corrected chi connectivity index (χ0v) is 25.7. The third-order valence-electron chi connectivity index (χ3n) is 8.70. The lowest BCUT2D eigenvalue weighted by atomic mass is 9.88. The van der Waals surface area contributed by atoms with E-state index in [9.17, 15) is 14.3 Å². The molecule has 0 spiro atoms. The molecule has 3 N–H and O–H groups in total. The average molecular weight is 611 g/mol. The van der Waals surface area contributed by atoms with Crippen molar-refractivity contribution in [1.82, 2.24) is 14.7 Å². The van der Waals surface area contributed by atoms with Crippen molar-refractivity contribution in [3.8, 4) is 16.9 Å². The lowest BCUT2D eigenvalue weighted by Crippen LogP contribution is -2.55. The Morgan fingerprint density at radius 3 is 2.45 bits per heavy atom. The summed E-state index contributed by atoms with van der Waals surface area (Å²) < 4.78 is 14.6. The molecule has 1 amide bonds. The highest BCUT2D eigenvalue weighted by atomic mass is 35.5. The lowest BCUT2D eigenvalue weighted by molar-refractivity contribution is -0.136. The summed E-state index contributed by atoms with van der Waals surface area (Å²) in [5.41, 5.74) is 9.95. The smallest absolute Gasteiger partial charge is 0.239 e. The number of hydrogen-bond acceptors (Lipinski definition) is 6. The van der Waals surface area contributed by atoms with Gasteiger partial charge in [0.1, 0.15) is 11.6 Å². The fraction of sp³-hybridized carbons (Fsp3) is 0.424. The first-order valence-corrected chi connectivity index (χ1v) is 16.3. The standard InChI is InChI=1S/C33H40ClFN4O2S/c1-42-31-5-3-2-4-25(31)22-38-16-18-39(19-17-38)33(41)32(36)23-10-13-37(14-11-23)15-12-24-20-26(34)6-8-28(24)29-21-27(40)7-9-30(29)35/h2-9,20-21,23,32,40H,10-19,22,36H2,1H3/t32-/m1/s1. The van der Waals surface area contributed by atoms with Gasteiger partial charge in [-0.25, -0.2) is 4.39 Å². The first-order chi connectivity index (χ1) is 20.3. The molecule has 3 aromatic rings. The molecule has 0 radical (unpaired) electrons. The normalized spacial score (nSPS) is 17.9. The highest BCUT2D eigenvalue weighted by Crippen LogP contribution is 2.32. The molecule has 0 aromatic heterocycles. The van der Waals surface area contributed by atoms with Gasteiger partial charge in [-0.2, -0.15) is 0 Å².